The first kappa shape index (κ1) is 45.9. The number of carbonyl (C=O) groups is 2. The highest BCUT2D eigenvalue weighted by atomic mass is 19.4. The Balaban J connectivity index is 0.900. The number of alkyl carbamates (subject to hydrolysis) is 1. The van der Waals surface area contributed by atoms with Crippen molar-refractivity contribution in [2.45, 2.75) is 56.8 Å². The number of rotatable bonds is 17. The molecule has 5 N–H and O–H groups in total. The Kier molecular flexibility index (Phi) is 14.4. The van der Waals surface area contributed by atoms with Crippen molar-refractivity contribution in [3.8, 4) is 11.5 Å². The van der Waals surface area contributed by atoms with Crippen molar-refractivity contribution in [2.75, 3.05) is 39.3 Å². The van der Waals surface area contributed by atoms with Gasteiger partial charge in [0, 0.05) is 43.2 Å². The molecule has 6 aromatic rings. The Bertz CT molecular complexity index is 2670. The van der Waals surface area contributed by atoms with Crippen LogP contribution in [0.4, 0.5) is 18.0 Å². The Labute approximate surface area is 380 Å². The monoisotopic (exact) mass is 903 g/mol. The number of pyridine rings is 1. The number of amides is 2. The maximum atomic E-state index is 14.0. The maximum Gasteiger partial charge on any atom is 0.416 e. The average Bonchev–Trinajstić information content (AvgIpc) is 3.33. The van der Waals surface area contributed by atoms with Crippen LogP contribution in [0, 0.1) is 5.92 Å². The van der Waals surface area contributed by atoms with E-state index in [9.17, 15) is 37.8 Å². The number of aromatic nitrogens is 1. The highest BCUT2D eigenvalue weighted by molar-refractivity contribution is 5.94. The van der Waals surface area contributed by atoms with E-state index in [1.54, 1.807) is 36.4 Å². The molecule has 12 nitrogen and oxygen atoms in total. The van der Waals surface area contributed by atoms with Gasteiger partial charge in [-0.3, -0.25) is 14.5 Å². The number of alkyl halides is 3. The molecule has 3 atom stereocenters. The Hall–Kier alpha value is -6.68. The number of benzene rings is 5. The molecule has 3 saturated heterocycles. The molecule has 2 bridgehead atoms. The van der Waals surface area contributed by atoms with E-state index in [1.165, 1.54) is 29.2 Å². The Morgan fingerprint density at radius 3 is 2.36 bits per heavy atom. The van der Waals surface area contributed by atoms with Gasteiger partial charge in [0.25, 0.3) is 5.91 Å². The molecule has 0 aliphatic carbocycles. The number of aromatic hydroxyl groups is 1. The minimum absolute atomic E-state index is 0.0689. The van der Waals surface area contributed by atoms with Gasteiger partial charge in [-0.2, -0.15) is 13.2 Å². The highest BCUT2D eigenvalue weighted by Gasteiger charge is 2.37. The molecule has 1 aromatic heterocycles. The number of hydrogen-bond donors (Lipinski definition) is 5. The minimum atomic E-state index is -4.55. The predicted molar refractivity (Wildman–Crippen MR) is 243 cm³/mol. The number of hydrogen-bond acceptors (Lipinski definition) is 9. The quantitative estimate of drug-likeness (QED) is 0.0571. The van der Waals surface area contributed by atoms with Gasteiger partial charge in [-0.25, -0.2) is 4.79 Å². The van der Waals surface area contributed by atoms with Crippen LogP contribution in [0.5, 0.6) is 11.5 Å². The topological polar surface area (TPSA) is 156 Å². The molecule has 4 heterocycles. The first-order chi connectivity index (χ1) is 31.9. The Morgan fingerprint density at radius 2 is 1.62 bits per heavy atom. The van der Waals surface area contributed by atoms with Crippen LogP contribution in [0.2, 0.25) is 0 Å². The summed E-state index contributed by atoms with van der Waals surface area (Å²) >= 11 is 0. The van der Waals surface area contributed by atoms with Crippen molar-refractivity contribution in [2.24, 2.45) is 5.92 Å². The van der Waals surface area contributed by atoms with E-state index in [2.05, 4.69) is 20.5 Å². The van der Waals surface area contributed by atoms with Crippen LogP contribution >= 0.6 is 0 Å². The van der Waals surface area contributed by atoms with Crippen LogP contribution in [0.25, 0.3) is 10.9 Å². The SMILES string of the molecule is O=C(N[C@@H](c1ccccc1)c1cccc(OCc2ccc(C(=O)N(CCCNC[C@H](O)c3ccc(O)c4[nH]c(=O)ccc34)Cc3cccc(C(F)(F)F)c3)cc2)c1)O[C@H]1CN2CCC1CC2. The number of nitrogens with one attached hydrogen (secondary N) is 3. The smallest absolute Gasteiger partial charge is 0.416 e. The van der Waals surface area contributed by atoms with Crippen molar-refractivity contribution in [3.05, 3.63) is 177 Å². The summed E-state index contributed by atoms with van der Waals surface area (Å²) in [4.78, 5) is 45.6. The molecular formula is C51H52F3N5O7. The zero-order chi connectivity index (χ0) is 46.2. The zero-order valence-electron chi connectivity index (χ0n) is 36.2. The molecule has 0 unspecified atom stereocenters. The molecule has 0 spiro atoms. The fraction of sp³-hybridized carbons (Fsp3) is 0.314. The van der Waals surface area contributed by atoms with Crippen LogP contribution in [0.3, 0.4) is 0 Å². The summed E-state index contributed by atoms with van der Waals surface area (Å²) in [5.41, 5.74) is 2.65. The lowest BCUT2D eigenvalue weighted by atomic mass is 9.86. The summed E-state index contributed by atoms with van der Waals surface area (Å²) < 4.78 is 53.1. The van der Waals surface area contributed by atoms with Gasteiger partial charge in [0.1, 0.15) is 24.2 Å². The molecule has 66 heavy (non-hydrogen) atoms. The van der Waals surface area contributed by atoms with Gasteiger partial charge in [0.05, 0.1) is 23.2 Å². The second-order valence-corrected chi connectivity index (χ2v) is 16.9. The largest absolute Gasteiger partial charge is 0.506 e. The number of carbonyl (C=O) groups excluding carboxylic acids is 2. The van der Waals surface area contributed by atoms with Crippen LogP contribution in [0.15, 0.2) is 132 Å². The van der Waals surface area contributed by atoms with Crippen LogP contribution in [-0.2, 0) is 24.1 Å². The number of fused-ring (bicyclic) bond motifs is 4. The van der Waals surface area contributed by atoms with Gasteiger partial charge in [-0.1, -0.05) is 72.8 Å². The number of phenolic OH excluding ortho intramolecular Hbond substituents is 1. The number of aromatic amines is 1. The summed E-state index contributed by atoms with van der Waals surface area (Å²) in [5.74, 6) is 0.455. The Morgan fingerprint density at radius 1 is 0.864 bits per heavy atom. The molecule has 9 rings (SSSR count). The van der Waals surface area contributed by atoms with Gasteiger partial charge in [0.15, 0.2) is 0 Å². The summed E-state index contributed by atoms with van der Waals surface area (Å²) in [6.07, 6.45) is -3.67. The van der Waals surface area contributed by atoms with Crippen molar-refractivity contribution in [1.29, 1.82) is 0 Å². The molecule has 15 heteroatoms. The van der Waals surface area contributed by atoms with Crippen LogP contribution in [-0.4, -0.2) is 82.4 Å². The maximum absolute atomic E-state index is 14.0. The molecule has 2 amide bonds. The molecular weight excluding hydrogens is 852 g/mol. The summed E-state index contributed by atoms with van der Waals surface area (Å²) in [6, 6.07) is 34.2. The van der Waals surface area contributed by atoms with Gasteiger partial charge in [0.2, 0.25) is 5.56 Å². The summed E-state index contributed by atoms with van der Waals surface area (Å²) in [7, 11) is 0. The number of aliphatic hydroxyl groups is 1. The fourth-order valence-corrected chi connectivity index (χ4v) is 8.83. The lowest BCUT2D eigenvalue weighted by molar-refractivity contribution is -0.137. The lowest BCUT2D eigenvalue weighted by Crippen LogP contribution is -2.52. The number of halogens is 3. The van der Waals surface area contributed by atoms with Crippen molar-refractivity contribution < 1.29 is 42.4 Å². The van der Waals surface area contributed by atoms with E-state index in [4.69, 9.17) is 9.47 Å². The molecule has 0 saturated carbocycles. The second-order valence-electron chi connectivity index (χ2n) is 16.9. The average molecular weight is 904 g/mol. The number of ether oxygens (including phenoxy) is 2. The molecule has 0 radical (unpaired) electrons. The van der Waals surface area contributed by atoms with Crippen LogP contribution in [0.1, 0.15) is 75.1 Å². The van der Waals surface area contributed by atoms with Crippen molar-refractivity contribution in [3.63, 3.8) is 0 Å². The third kappa shape index (κ3) is 11.4. The molecule has 5 aromatic carbocycles. The summed E-state index contributed by atoms with van der Waals surface area (Å²) in [5, 5.41) is 28.0. The normalized spacial score (nSPS) is 17.8. The standard InChI is InChI=1S/C51H52F3N5O7/c52-51(53,54)39-11-4-7-34(27-39)30-59(24-6-23-55-29-44(61)41-17-19-43(60)48-42(41)18-20-46(62)56-48)49(63)37-15-13-33(14-16-37)32-65-40-12-5-10-38(28-40)47(36-8-2-1-3-9-36)57-50(64)66-45-31-58-25-21-35(45)22-26-58/h1-5,7-20,27-28,35,44-45,47,55,60-61H,6,21-26,29-32H2,(H,56,62)(H,57,64)/t44-,45-,47-/m0/s1. The van der Waals surface area contributed by atoms with E-state index in [1.807, 2.05) is 54.6 Å². The lowest BCUT2D eigenvalue weighted by Gasteiger charge is -2.43. The molecule has 344 valence electrons. The first-order valence-corrected chi connectivity index (χ1v) is 22.1. The third-order valence-electron chi connectivity index (χ3n) is 12.3. The number of nitrogens with zero attached hydrogens (tertiary/aromatic N) is 2. The van der Waals surface area contributed by atoms with Gasteiger partial charge >= 0.3 is 12.3 Å². The third-order valence-corrected chi connectivity index (χ3v) is 12.3. The predicted octanol–water partition coefficient (Wildman–Crippen LogP) is 8.10. The van der Waals surface area contributed by atoms with E-state index in [-0.39, 0.29) is 49.5 Å². The number of aliphatic hydroxyl groups excluding tert-OH is 1. The van der Waals surface area contributed by atoms with Crippen molar-refractivity contribution >= 4 is 22.9 Å². The number of piperidine rings is 3. The fourth-order valence-electron chi connectivity index (χ4n) is 8.83. The molecule has 3 aliphatic rings. The second kappa shape index (κ2) is 20.7. The molecule has 3 aliphatic heterocycles. The van der Waals surface area contributed by atoms with Gasteiger partial charge < -0.3 is 40.2 Å². The highest BCUT2D eigenvalue weighted by Crippen LogP contribution is 2.33. The zero-order valence-corrected chi connectivity index (χ0v) is 36.2. The van der Waals surface area contributed by atoms with Gasteiger partial charge in [-0.15, -0.1) is 0 Å². The molecule has 3 fully saturated rings. The van der Waals surface area contributed by atoms with E-state index < -0.39 is 35.5 Å². The van der Waals surface area contributed by atoms with E-state index in [0.29, 0.717) is 46.7 Å². The minimum Gasteiger partial charge on any atom is -0.506 e. The van der Waals surface area contributed by atoms with Crippen molar-refractivity contribution in [1.82, 2.24) is 25.4 Å². The van der Waals surface area contributed by atoms with E-state index in [0.717, 1.165) is 61.3 Å². The first-order valence-electron chi connectivity index (χ1n) is 22.1. The van der Waals surface area contributed by atoms with Gasteiger partial charge in [-0.05, 0) is 121 Å². The van der Waals surface area contributed by atoms with Crippen LogP contribution < -0.4 is 20.9 Å². The number of phenols is 1. The summed E-state index contributed by atoms with van der Waals surface area (Å²) in [6.45, 7) is 3.62. The van der Waals surface area contributed by atoms with E-state index >= 15 is 0 Å². The number of H-pyrrole nitrogens is 1.